The molecular weight excluding hydrogens is 279 g/mol. The van der Waals surface area contributed by atoms with Crippen molar-refractivity contribution in [3.05, 3.63) is 5.01 Å². The van der Waals surface area contributed by atoms with Gasteiger partial charge >= 0.3 is 6.18 Å². The highest BCUT2D eigenvalue weighted by Crippen LogP contribution is 2.32. The Kier molecular flexibility index (Phi) is 4.31. The number of hydrogen-bond acceptors (Lipinski definition) is 6. The summed E-state index contributed by atoms with van der Waals surface area (Å²) in [5.41, 5.74) is 0. The molecule has 1 N–H and O–H groups in total. The summed E-state index contributed by atoms with van der Waals surface area (Å²) in [5.74, 6) is -0.150. The van der Waals surface area contributed by atoms with Gasteiger partial charge in [-0.2, -0.15) is 13.2 Å². The highest BCUT2D eigenvalue weighted by atomic mass is 32.2. The third-order valence-corrected chi connectivity index (χ3v) is 4.43. The van der Waals surface area contributed by atoms with Crippen molar-refractivity contribution < 1.29 is 21.6 Å². The number of anilines is 1. The van der Waals surface area contributed by atoms with Gasteiger partial charge in [0.2, 0.25) is 10.1 Å². The fourth-order valence-electron chi connectivity index (χ4n) is 0.867. The average molecular weight is 289 g/mol. The number of aromatic nitrogens is 2. The topological polar surface area (TPSA) is 72.0 Å². The third kappa shape index (κ3) is 4.46. The standard InChI is InChI=1S/C7H10F3N3O2S2/c1-2-17(14,15)4-3-11-6-13-12-5(16-6)7(8,9)10/h2-4H2,1H3,(H,11,13). The van der Waals surface area contributed by atoms with E-state index in [0.717, 1.165) is 0 Å². The van der Waals surface area contributed by atoms with Crippen molar-refractivity contribution in [1.82, 2.24) is 10.2 Å². The monoisotopic (exact) mass is 289 g/mol. The fourth-order valence-corrected chi connectivity index (χ4v) is 2.21. The van der Waals surface area contributed by atoms with E-state index in [9.17, 15) is 21.6 Å². The molecule has 0 saturated carbocycles. The van der Waals surface area contributed by atoms with Crippen LogP contribution in [-0.4, -0.2) is 36.7 Å². The smallest absolute Gasteiger partial charge is 0.359 e. The van der Waals surface area contributed by atoms with Crippen LogP contribution < -0.4 is 5.32 Å². The molecule has 98 valence electrons. The minimum atomic E-state index is -4.52. The molecule has 1 aromatic heterocycles. The van der Waals surface area contributed by atoms with Crippen LogP contribution >= 0.6 is 11.3 Å². The molecule has 0 aliphatic heterocycles. The predicted molar refractivity (Wildman–Crippen MR) is 57.7 cm³/mol. The molecule has 0 aromatic carbocycles. The largest absolute Gasteiger partial charge is 0.445 e. The number of alkyl halides is 3. The number of rotatable bonds is 5. The van der Waals surface area contributed by atoms with Gasteiger partial charge in [0.25, 0.3) is 0 Å². The highest BCUT2D eigenvalue weighted by Gasteiger charge is 2.35. The van der Waals surface area contributed by atoms with Crippen molar-refractivity contribution in [2.75, 3.05) is 23.4 Å². The number of nitrogens with one attached hydrogen (secondary N) is 1. The molecule has 17 heavy (non-hydrogen) atoms. The summed E-state index contributed by atoms with van der Waals surface area (Å²) in [4.78, 5) is 0. The zero-order chi connectivity index (χ0) is 13.1. The van der Waals surface area contributed by atoms with Crippen molar-refractivity contribution in [2.45, 2.75) is 13.1 Å². The van der Waals surface area contributed by atoms with Gasteiger partial charge in [-0.25, -0.2) is 8.42 Å². The Bertz CT molecular complexity index is 469. The van der Waals surface area contributed by atoms with E-state index in [0.29, 0.717) is 11.3 Å². The van der Waals surface area contributed by atoms with E-state index in [1.165, 1.54) is 6.92 Å². The van der Waals surface area contributed by atoms with Crippen LogP contribution in [0.15, 0.2) is 0 Å². The van der Waals surface area contributed by atoms with E-state index in [4.69, 9.17) is 0 Å². The summed E-state index contributed by atoms with van der Waals surface area (Å²) < 4.78 is 58.7. The van der Waals surface area contributed by atoms with Crippen molar-refractivity contribution in [3.8, 4) is 0 Å². The molecule has 0 unspecified atom stereocenters. The molecule has 10 heteroatoms. The normalized spacial score (nSPS) is 12.7. The van der Waals surface area contributed by atoms with Crippen LogP contribution in [0.1, 0.15) is 11.9 Å². The van der Waals surface area contributed by atoms with E-state index in [1.807, 2.05) is 0 Å². The van der Waals surface area contributed by atoms with Gasteiger partial charge in [0.1, 0.15) is 0 Å². The molecule has 0 fully saturated rings. The summed E-state index contributed by atoms with van der Waals surface area (Å²) in [7, 11) is -3.14. The van der Waals surface area contributed by atoms with E-state index < -0.39 is 21.0 Å². The molecular formula is C7H10F3N3O2S2. The zero-order valence-electron chi connectivity index (χ0n) is 8.78. The summed E-state index contributed by atoms with van der Waals surface area (Å²) in [5, 5.41) is 7.62. The van der Waals surface area contributed by atoms with Crippen LogP contribution in [0.4, 0.5) is 18.3 Å². The first-order valence-electron chi connectivity index (χ1n) is 4.59. The van der Waals surface area contributed by atoms with Crippen LogP contribution in [-0.2, 0) is 16.0 Å². The number of halogens is 3. The van der Waals surface area contributed by atoms with E-state index in [1.54, 1.807) is 0 Å². The minimum Gasteiger partial charge on any atom is -0.359 e. The SMILES string of the molecule is CCS(=O)(=O)CCNc1nnc(C(F)(F)F)s1. The maximum absolute atomic E-state index is 12.2. The lowest BCUT2D eigenvalue weighted by Crippen LogP contribution is -2.17. The highest BCUT2D eigenvalue weighted by molar-refractivity contribution is 7.91. The summed E-state index contributed by atoms with van der Waals surface area (Å²) in [6.07, 6.45) is -4.52. The van der Waals surface area contributed by atoms with E-state index >= 15 is 0 Å². The molecule has 0 amide bonds. The zero-order valence-corrected chi connectivity index (χ0v) is 10.4. The molecule has 1 aromatic rings. The number of sulfone groups is 1. The molecule has 5 nitrogen and oxygen atoms in total. The van der Waals surface area contributed by atoms with Gasteiger partial charge in [0, 0.05) is 12.3 Å². The maximum atomic E-state index is 12.2. The molecule has 0 aliphatic rings. The molecule has 0 atom stereocenters. The van der Waals surface area contributed by atoms with Gasteiger partial charge in [0.15, 0.2) is 9.84 Å². The van der Waals surface area contributed by atoms with Crippen molar-refractivity contribution in [3.63, 3.8) is 0 Å². The molecule has 1 rings (SSSR count). The summed E-state index contributed by atoms with van der Waals surface area (Å²) in [6, 6.07) is 0. The molecule has 1 heterocycles. The van der Waals surface area contributed by atoms with E-state index in [2.05, 4.69) is 15.5 Å². The first-order chi connectivity index (χ1) is 7.74. The Labute approximate surface area is 100.0 Å². The molecule has 0 aliphatic carbocycles. The van der Waals surface area contributed by atoms with Crippen LogP contribution in [0.25, 0.3) is 0 Å². The second-order valence-corrected chi connectivity index (χ2v) is 6.52. The van der Waals surface area contributed by atoms with Crippen LogP contribution in [0, 0.1) is 0 Å². The molecule has 0 radical (unpaired) electrons. The lowest BCUT2D eigenvalue weighted by molar-refractivity contribution is -0.138. The lowest BCUT2D eigenvalue weighted by atomic mass is 10.7. The van der Waals surface area contributed by atoms with Gasteiger partial charge < -0.3 is 5.32 Å². The lowest BCUT2D eigenvalue weighted by Gasteiger charge is -2.01. The Morgan fingerprint density at radius 2 is 2.00 bits per heavy atom. The van der Waals surface area contributed by atoms with Gasteiger partial charge in [-0.15, -0.1) is 10.2 Å². The van der Waals surface area contributed by atoms with Crippen molar-refractivity contribution in [2.24, 2.45) is 0 Å². The number of nitrogens with zero attached hydrogens (tertiary/aromatic N) is 2. The average Bonchev–Trinajstić information content (AvgIpc) is 2.66. The third-order valence-electron chi connectivity index (χ3n) is 1.80. The van der Waals surface area contributed by atoms with Crippen molar-refractivity contribution >= 4 is 26.3 Å². The van der Waals surface area contributed by atoms with Gasteiger partial charge in [-0.3, -0.25) is 0 Å². The Balaban J connectivity index is 2.52. The first kappa shape index (κ1) is 14.2. The molecule has 0 saturated heterocycles. The van der Waals surface area contributed by atoms with Crippen LogP contribution in [0.5, 0.6) is 0 Å². The van der Waals surface area contributed by atoms with Gasteiger partial charge in [-0.05, 0) is 0 Å². The van der Waals surface area contributed by atoms with Crippen molar-refractivity contribution in [1.29, 1.82) is 0 Å². The first-order valence-corrected chi connectivity index (χ1v) is 7.23. The summed E-state index contributed by atoms with van der Waals surface area (Å²) in [6.45, 7) is 1.52. The van der Waals surface area contributed by atoms with Crippen LogP contribution in [0.3, 0.4) is 0 Å². The maximum Gasteiger partial charge on any atom is 0.445 e. The van der Waals surface area contributed by atoms with Gasteiger partial charge in [-0.1, -0.05) is 18.3 Å². The van der Waals surface area contributed by atoms with Gasteiger partial charge in [0.05, 0.1) is 5.75 Å². The Hall–Kier alpha value is -0.900. The number of hydrogen-bond donors (Lipinski definition) is 1. The predicted octanol–water partition coefficient (Wildman–Crippen LogP) is 1.40. The Morgan fingerprint density at radius 3 is 2.47 bits per heavy atom. The minimum absolute atomic E-state index is 0.00139. The summed E-state index contributed by atoms with van der Waals surface area (Å²) >= 11 is 0.345. The molecule has 0 bridgehead atoms. The van der Waals surface area contributed by atoms with Crippen LogP contribution in [0.2, 0.25) is 0 Å². The second kappa shape index (κ2) is 5.17. The second-order valence-electron chi connectivity index (χ2n) is 3.07. The molecule has 0 spiro atoms. The Morgan fingerprint density at radius 1 is 1.35 bits per heavy atom. The fraction of sp³-hybridized carbons (Fsp3) is 0.714. The quantitative estimate of drug-likeness (QED) is 0.887. The van der Waals surface area contributed by atoms with E-state index in [-0.39, 0.29) is 23.2 Å².